The van der Waals surface area contributed by atoms with Crippen molar-refractivity contribution in [2.24, 2.45) is 7.05 Å². The van der Waals surface area contributed by atoms with Gasteiger partial charge in [0.05, 0.1) is 31.7 Å². The Morgan fingerprint density at radius 3 is 2.73 bits per heavy atom. The van der Waals surface area contributed by atoms with E-state index in [0.717, 1.165) is 31.5 Å². The van der Waals surface area contributed by atoms with E-state index in [-0.39, 0.29) is 37.3 Å². The van der Waals surface area contributed by atoms with Crippen LogP contribution in [0.1, 0.15) is 30.2 Å². The number of hydrogen-bond acceptors (Lipinski definition) is 8. The SMILES string of the molecule is C[C@H]1COCCN1c1ccc(Nc2cc(-c3ccnc(-n4ccn5c6c(cc5c4=O)CCC6)c3CO)cn(C)c2=O)nc1.S. The van der Waals surface area contributed by atoms with Crippen LogP contribution in [-0.2, 0) is 31.2 Å². The number of rotatable bonds is 6. The van der Waals surface area contributed by atoms with Crippen molar-refractivity contribution in [2.45, 2.75) is 38.8 Å². The summed E-state index contributed by atoms with van der Waals surface area (Å²) >= 11 is 0. The molecule has 7 rings (SSSR count). The van der Waals surface area contributed by atoms with Crippen LogP contribution in [0.2, 0.25) is 0 Å². The first-order valence-corrected chi connectivity index (χ1v) is 14.5. The van der Waals surface area contributed by atoms with Crippen molar-refractivity contribution in [3.63, 3.8) is 0 Å². The minimum atomic E-state index is -0.345. The molecule has 2 aliphatic rings. The zero-order valence-corrected chi connectivity index (χ0v) is 25.7. The maximum absolute atomic E-state index is 13.6. The summed E-state index contributed by atoms with van der Waals surface area (Å²) in [4.78, 5) is 38.1. The van der Waals surface area contributed by atoms with Crippen molar-refractivity contribution >= 4 is 36.2 Å². The third-order valence-corrected chi connectivity index (χ3v) is 8.52. The summed E-state index contributed by atoms with van der Waals surface area (Å²) in [7, 11) is 1.68. The molecule has 5 aromatic heterocycles. The third kappa shape index (κ3) is 5.08. The van der Waals surface area contributed by atoms with Crippen molar-refractivity contribution in [3.8, 4) is 16.9 Å². The summed E-state index contributed by atoms with van der Waals surface area (Å²) in [5, 5.41) is 13.7. The molecule has 44 heavy (non-hydrogen) atoms. The molecule has 1 fully saturated rings. The normalized spacial score (nSPS) is 16.2. The third-order valence-electron chi connectivity index (χ3n) is 8.52. The number of anilines is 3. The van der Waals surface area contributed by atoms with Crippen LogP contribution in [-0.4, -0.2) is 54.4 Å². The highest BCUT2D eigenvalue weighted by Crippen LogP contribution is 2.30. The molecule has 11 nitrogen and oxygen atoms in total. The second-order valence-corrected chi connectivity index (χ2v) is 11.2. The largest absolute Gasteiger partial charge is 0.392 e. The van der Waals surface area contributed by atoms with E-state index in [2.05, 4.69) is 27.1 Å². The van der Waals surface area contributed by atoms with E-state index in [1.165, 1.54) is 20.4 Å². The van der Waals surface area contributed by atoms with Crippen molar-refractivity contribution < 1.29 is 9.84 Å². The standard InChI is InChI=1S/C32H33N7O4.H2S/c1-20-19-43-13-12-37(20)23-6-7-29(34-16-23)35-26-14-22(17-36(2)31(26)41)24-8-9-33-30(25(24)18-40)39-11-10-38-27-5-3-4-21(27)15-28(38)32(39)42;/h6-11,14-17,20,40H,3-5,12-13,18-19H2,1-2H3,(H,34,35);1H2/t20-;/m0./s1. The van der Waals surface area contributed by atoms with Gasteiger partial charge in [0.25, 0.3) is 11.1 Å². The lowest BCUT2D eigenvalue weighted by molar-refractivity contribution is 0.0989. The molecule has 5 aromatic rings. The molecule has 1 aliphatic heterocycles. The van der Waals surface area contributed by atoms with Crippen LogP contribution in [0.25, 0.3) is 22.5 Å². The zero-order valence-electron chi connectivity index (χ0n) is 24.7. The molecule has 0 saturated carbocycles. The Bertz CT molecular complexity index is 1970. The van der Waals surface area contributed by atoms with Crippen molar-refractivity contribution in [2.75, 3.05) is 30.0 Å². The number of aliphatic hydroxyl groups is 1. The average molecular weight is 614 g/mol. The monoisotopic (exact) mass is 613 g/mol. The van der Waals surface area contributed by atoms with Crippen molar-refractivity contribution in [1.82, 2.24) is 23.5 Å². The molecule has 228 valence electrons. The lowest BCUT2D eigenvalue weighted by Crippen LogP contribution is -2.43. The van der Waals surface area contributed by atoms with Gasteiger partial charge in [-0.3, -0.25) is 14.2 Å². The molecule has 6 heterocycles. The second kappa shape index (κ2) is 11.9. The Morgan fingerprint density at radius 2 is 1.95 bits per heavy atom. The number of hydrogen-bond donors (Lipinski definition) is 2. The highest BCUT2D eigenvalue weighted by molar-refractivity contribution is 7.59. The minimum Gasteiger partial charge on any atom is -0.392 e. The van der Waals surface area contributed by atoms with E-state index < -0.39 is 0 Å². The van der Waals surface area contributed by atoms with E-state index in [9.17, 15) is 14.7 Å². The van der Waals surface area contributed by atoms with Gasteiger partial charge in [0.2, 0.25) is 0 Å². The fraction of sp³-hybridized carbons (Fsp3) is 0.312. The quantitative estimate of drug-likeness (QED) is 0.300. The van der Waals surface area contributed by atoms with Crippen LogP contribution in [0.15, 0.2) is 70.9 Å². The zero-order chi connectivity index (χ0) is 29.7. The van der Waals surface area contributed by atoms with Crippen LogP contribution < -0.4 is 21.3 Å². The van der Waals surface area contributed by atoms with Gasteiger partial charge in [-0.05, 0) is 67.6 Å². The summed E-state index contributed by atoms with van der Waals surface area (Å²) in [5.74, 6) is 0.891. The molecule has 1 saturated heterocycles. The minimum absolute atomic E-state index is 0. The predicted molar refractivity (Wildman–Crippen MR) is 175 cm³/mol. The Kier molecular flexibility index (Phi) is 8.06. The Balaban J connectivity index is 0.00000343. The highest BCUT2D eigenvalue weighted by Gasteiger charge is 2.22. The Labute approximate surface area is 260 Å². The number of morpholine rings is 1. The van der Waals surface area contributed by atoms with Gasteiger partial charge in [-0.15, -0.1) is 0 Å². The Morgan fingerprint density at radius 1 is 1.09 bits per heavy atom. The molecule has 0 amide bonds. The summed E-state index contributed by atoms with van der Waals surface area (Å²) < 4.78 is 10.5. The van der Waals surface area contributed by atoms with E-state index in [1.807, 2.05) is 28.8 Å². The summed E-state index contributed by atoms with van der Waals surface area (Å²) in [6.07, 6.45) is 11.8. The second-order valence-electron chi connectivity index (χ2n) is 11.2. The van der Waals surface area contributed by atoms with Gasteiger partial charge in [-0.1, -0.05) is 0 Å². The molecular weight excluding hydrogens is 578 g/mol. The van der Waals surface area contributed by atoms with E-state index in [1.54, 1.807) is 44.0 Å². The smallest absolute Gasteiger partial charge is 0.280 e. The number of pyridine rings is 3. The van der Waals surface area contributed by atoms with Crippen LogP contribution in [0.5, 0.6) is 0 Å². The molecule has 12 heteroatoms. The van der Waals surface area contributed by atoms with Crippen LogP contribution in [0.4, 0.5) is 17.2 Å². The van der Waals surface area contributed by atoms with Crippen molar-refractivity contribution in [3.05, 3.63) is 98.8 Å². The lowest BCUT2D eigenvalue weighted by atomic mass is 10.0. The number of nitrogens with zero attached hydrogens (tertiary/aromatic N) is 6. The number of aliphatic hydroxyl groups excluding tert-OH is 1. The molecule has 1 aliphatic carbocycles. The molecule has 1 atom stereocenters. The first-order valence-electron chi connectivity index (χ1n) is 14.5. The van der Waals surface area contributed by atoms with E-state index in [0.29, 0.717) is 52.7 Å². The number of fused-ring (bicyclic) bond motifs is 3. The molecule has 0 bridgehead atoms. The van der Waals surface area contributed by atoms with Crippen LogP contribution >= 0.6 is 13.5 Å². The highest BCUT2D eigenvalue weighted by atomic mass is 32.1. The van der Waals surface area contributed by atoms with Gasteiger partial charge in [-0.2, -0.15) is 13.5 Å². The van der Waals surface area contributed by atoms with Crippen LogP contribution in [0.3, 0.4) is 0 Å². The first-order chi connectivity index (χ1) is 20.9. The van der Waals surface area contributed by atoms with Gasteiger partial charge >= 0.3 is 0 Å². The van der Waals surface area contributed by atoms with E-state index in [4.69, 9.17) is 4.74 Å². The van der Waals surface area contributed by atoms with Gasteiger partial charge < -0.3 is 29.0 Å². The molecule has 0 unspecified atom stereocenters. The molecule has 0 aromatic carbocycles. The molecular formula is C32H35N7O4S. The molecule has 0 spiro atoms. The number of nitrogens with one attached hydrogen (secondary N) is 1. The van der Waals surface area contributed by atoms with Gasteiger partial charge in [0.15, 0.2) is 0 Å². The Hall–Kier alpha value is -4.39. The number of aromatic nitrogens is 5. The maximum Gasteiger partial charge on any atom is 0.280 e. The predicted octanol–water partition coefficient (Wildman–Crippen LogP) is 3.31. The fourth-order valence-electron chi connectivity index (χ4n) is 6.33. The number of aryl methyl sites for hydroxylation is 3. The summed E-state index contributed by atoms with van der Waals surface area (Å²) in [6, 6.07) is 9.59. The lowest BCUT2D eigenvalue weighted by Gasteiger charge is -2.35. The van der Waals surface area contributed by atoms with Crippen LogP contribution in [0, 0.1) is 0 Å². The fourth-order valence-corrected chi connectivity index (χ4v) is 6.33. The number of ether oxygens (including phenoxy) is 1. The summed E-state index contributed by atoms with van der Waals surface area (Å²) in [5.41, 5.74) is 5.75. The van der Waals surface area contributed by atoms with Crippen molar-refractivity contribution in [1.29, 1.82) is 0 Å². The summed E-state index contributed by atoms with van der Waals surface area (Å²) in [6.45, 7) is 3.92. The van der Waals surface area contributed by atoms with Gasteiger partial charge in [-0.25, -0.2) is 9.97 Å². The first kappa shape index (κ1) is 29.7. The van der Waals surface area contributed by atoms with Gasteiger partial charge in [0.1, 0.15) is 22.8 Å². The maximum atomic E-state index is 13.6. The topological polar surface area (TPSA) is 119 Å². The molecule has 0 radical (unpaired) electrons. The van der Waals surface area contributed by atoms with E-state index >= 15 is 0 Å². The van der Waals surface area contributed by atoms with Gasteiger partial charge in [0, 0.05) is 61.2 Å². The molecule has 2 N–H and O–H groups in total. The average Bonchev–Trinajstić information content (AvgIpc) is 3.63.